The number of hydrogen-bond acceptors (Lipinski definition) is 3. The van der Waals surface area contributed by atoms with Crippen LogP contribution in [0.3, 0.4) is 0 Å². The van der Waals surface area contributed by atoms with Gasteiger partial charge in [0.25, 0.3) is 0 Å². The molecule has 1 rings (SSSR count). The molecule has 1 saturated heterocycles. The number of carboxylic acids is 1. The monoisotopic (exact) mass is 281 g/mol. The molecule has 0 spiro atoms. The summed E-state index contributed by atoms with van der Waals surface area (Å²) >= 11 is 0. The summed E-state index contributed by atoms with van der Waals surface area (Å²) in [7, 11) is 0. The number of carbonyl (C=O) groups excluding carboxylic acids is 2. The molecule has 0 aromatic carbocycles. The second kappa shape index (κ2) is 7.38. The van der Waals surface area contributed by atoms with Gasteiger partial charge in [-0.1, -0.05) is 5.92 Å². The topological polar surface area (TPSA) is 90.0 Å². The number of nitrogens with one attached hydrogen (secondary N) is 1. The predicted octanol–water partition coefficient (Wildman–Crippen LogP) is -0.273. The van der Waals surface area contributed by atoms with Crippen LogP contribution in [0.4, 0.5) is 4.79 Å². The molecule has 0 aromatic heterocycles. The summed E-state index contributed by atoms with van der Waals surface area (Å²) in [5, 5.41) is 11.2. The maximum absolute atomic E-state index is 12.0. The summed E-state index contributed by atoms with van der Waals surface area (Å²) in [6, 6.07) is -1.35. The Hall–Kier alpha value is -2.23. The quantitative estimate of drug-likeness (QED) is 0.679. The molecule has 7 nitrogen and oxygen atoms in total. The Morgan fingerprint density at radius 1 is 1.40 bits per heavy atom. The van der Waals surface area contributed by atoms with Crippen molar-refractivity contribution in [2.45, 2.75) is 25.8 Å². The summed E-state index contributed by atoms with van der Waals surface area (Å²) in [4.78, 5) is 37.2. The van der Waals surface area contributed by atoms with E-state index in [0.29, 0.717) is 13.1 Å². The first-order valence-corrected chi connectivity index (χ1v) is 6.45. The van der Waals surface area contributed by atoms with E-state index in [4.69, 9.17) is 11.5 Å². The van der Waals surface area contributed by atoms with Gasteiger partial charge in [-0.15, -0.1) is 6.42 Å². The van der Waals surface area contributed by atoms with Gasteiger partial charge in [-0.25, -0.2) is 4.79 Å². The van der Waals surface area contributed by atoms with Gasteiger partial charge >= 0.3 is 12.0 Å². The Morgan fingerprint density at radius 3 is 2.50 bits per heavy atom. The number of amides is 3. The number of likely N-dealkylation sites (tertiary alicyclic amines) is 1. The molecule has 0 radical (unpaired) electrons. The molecule has 3 amide bonds. The minimum Gasteiger partial charge on any atom is -0.480 e. The van der Waals surface area contributed by atoms with E-state index in [1.807, 2.05) is 0 Å². The molecule has 0 saturated carbocycles. The van der Waals surface area contributed by atoms with Gasteiger partial charge in [0, 0.05) is 13.1 Å². The van der Waals surface area contributed by atoms with E-state index < -0.39 is 24.6 Å². The number of carboxylic acid groups (broad SMARTS) is 1. The van der Waals surface area contributed by atoms with Crippen molar-refractivity contribution in [1.29, 1.82) is 0 Å². The number of terminal acetylenes is 1. The summed E-state index contributed by atoms with van der Waals surface area (Å²) in [5.74, 6) is 0.899. The Labute approximate surface area is 117 Å². The largest absolute Gasteiger partial charge is 0.480 e. The standard InChI is InChI=1S/C13H19N3O4/c1-3-6-16(9-11(17)18)13(20)14-10(2)12(19)15-7-4-5-8-15/h1,10H,4-9H2,2H3,(H,14,20)(H,17,18). The SMILES string of the molecule is C#CCN(CC(=O)O)C(=O)NC(C)C(=O)N1CCCC1. The molecular weight excluding hydrogens is 262 g/mol. The lowest BCUT2D eigenvalue weighted by Gasteiger charge is -2.24. The number of rotatable bonds is 5. The second-order valence-corrected chi connectivity index (χ2v) is 4.66. The van der Waals surface area contributed by atoms with Crippen LogP contribution in [0.15, 0.2) is 0 Å². The van der Waals surface area contributed by atoms with Gasteiger partial charge in [-0.2, -0.15) is 0 Å². The van der Waals surface area contributed by atoms with Crippen LogP contribution in [0.2, 0.25) is 0 Å². The highest BCUT2D eigenvalue weighted by molar-refractivity contribution is 5.88. The van der Waals surface area contributed by atoms with Crippen molar-refractivity contribution in [2.75, 3.05) is 26.2 Å². The maximum atomic E-state index is 12.0. The highest BCUT2D eigenvalue weighted by atomic mass is 16.4. The molecular formula is C13H19N3O4. The second-order valence-electron chi connectivity index (χ2n) is 4.66. The molecule has 0 aliphatic carbocycles. The highest BCUT2D eigenvalue weighted by Crippen LogP contribution is 2.09. The predicted molar refractivity (Wildman–Crippen MR) is 71.8 cm³/mol. The average molecular weight is 281 g/mol. The molecule has 20 heavy (non-hydrogen) atoms. The van der Waals surface area contributed by atoms with E-state index >= 15 is 0 Å². The minimum absolute atomic E-state index is 0.122. The third-order valence-electron chi connectivity index (χ3n) is 3.02. The van der Waals surface area contributed by atoms with Gasteiger partial charge in [-0.05, 0) is 19.8 Å². The third kappa shape index (κ3) is 4.46. The lowest BCUT2D eigenvalue weighted by atomic mass is 10.3. The minimum atomic E-state index is -1.16. The Bertz CT molecular complexity index is 424. The fraction of sp³-hybridized carbons (Fsp3) is 0.615. The van der Waals surface area contributed by atoms with Crippen molar-refractivity contribution in [1.82, 2.24) is 15.1 Å². The van der Waals surface area contributed by atoms with Crippen molar-refractivity contribution in [3.05, 3.63) is 0 Å². The lowest BCUT2D eigenvalue weighted by molar-refractivity contribution is -0.137. The first-order chi connectivity index (χ1) is 9.45. The fourth-order valence-electron chi connectivity index (χ4n) is 2.02. The summed E-state index contributed by atoms with van der Waals surface area (Å²) in [6.45, 7) is 2.35. The van der Waals surface area contributed by atoms with Gasteiger partial charge < -0.3 is 20.2 Å². The molecule has 110 valence electrons. The smallest absolute Gasteiger partial charge is 0.323 e. The van der Waals surface area contributed by atoms with Gasteiger partial charge in [0.2, 0.25) is 5.91 Å². The van der Waals surface area contributed by atoms with Crippen LogP contribution in [0, 0.1) is 12.3 Å². The van der Waals surface area contributed by atoms with Crippen LogP contribution >= 0.6 is 0 Å². The first kappa shape index (κ1) is 15.8. The zero-order valence-electron chi connectivity index (χ0n) is 11.5. The van der Waals surface area contributed by atoms with Crippen LogP contribution in [0.25, 0.3) is 0 Å². The molecule has 7 heteroatoms. The number of nitrogens with zero attached hydrogens (tertiary/aromatic N) is 2. The number of carbonyl (C=O) groups is 3. The van der Waals surface area contributed by atoms with Crippen LogP contribution < -0.4 is 5.32 Å². The summed E-state index contributed by atoms with van der Waals surface area (Å²) in [6.07, 6.45) is 7.03. The lowest BCUT2D eigenvalue weighted by Crippen LogP contribution is -2.51. The van der Waals surface area contributed by atoms with Gasteiger partial charge in [0.15, 0.2) is 0 Å². The maximum Gasteiger partial charge on any atom is 0.323 e. The van der Waals surface area contributed by atoms with Crippen molar-refractivity contribution in [3.8, 4) is 12.3 Å². The molecule has 1 aliphatic heterocycles. The molecule has 0 bridgehead atoms. The zero-order valence-corrected chi connectivity index (χ0v) is 11.5. The molecule has 0 aromatic rings. The van der Waals surface area contributed by atoms with Crippen LogP contribution in [-0.2, 0) is 9.59 Å². The first-order valence-electron chi connectivity index (χ1n) is 6.45. The Balaban J connectivity index is 2.55. The molecule has 1 atom stereocenters. The van der Waals surface area contributed by atoms with E-state index in [2.05, 4.69) is 11.2 Å². The molecule has 1 fully saturated rings. The highest BCUT2D eigenvalue weighted by Gasteiger charge is 2.26. The normalized spacial score (nSPS) is 15.3. The molecule has 1 heterocycles. The Morgan fingerprint density at radius 2 is 2.00 bits per heavy atom. The van der Waals surface area contributed by atoms with Crippen LogP contribution in [0.5, 0.6) is 0 Å². The average Bonchev–Trinajstić information content (AvgIpc) is 2.90. The van der Waals surface area contributed by atoms with Crippen molar-refractivity contribution < 1.29 is 19.5 Å². The Kier molecular flexibility index (Phi) is 5.84. The number of urea groups is 1. The van der Waals surface area contributed by atoms with E-state index in [9.17, 15) is 14.4 Å². The van der Waals surface area contributed by atoms with Gasteiger partial charge in [0.1, 0.15) is 12.6 Å². The number of aliphatic carboxylic acids is 1. The van der Waals surface area contributed by atoms with Gasteiger partial charge in [0.05, 0.1) is 6.54 Å². The van der Waals surface area contributed by atoms with Crippen molar-refractivity contribution in [2.24, 2.45) is 0 Å². The van der Waals surface area contributed by atoms with Crippen molar-refractivity contribution in [3.63, 3.8) is 0 Å². The third-order valence-corrected chi connectivity index (χ3v) is 3.02. The molecule has 1 unspecified atom stereocenters. The summed E-state index contributed by atoms with van der Waals surface area (Å²) < 4.78 is 0. The van der Waals surface area contributed by atoms with E-state index in [1.54, 1.807) is 11.8 Å². The van der Waals surface area contributed by atoms with Crippen LogP contribution in [-0.4, -0.2) is 65.0 Å². The fourth-order valence-corrected chi connectivity index (χ4v) is 2.02. The van der Waals surface area contributed by atoms with Crippen molar-refractivity contribution >= 4 is 17.9 Å². The van der Waals surface area contributed by atoms with E-state index in [-0.39, 0.29) is 12.5 Å². The summed E-state index contributed by atoms with van der Waals surface area (Å²) in [5.41, 5.74) is 0. The number of hydrogen-bond donors (Lipinski definition) is 2. The van der Waals surface area contributed by atoms with E-state index in [0.717, 1.165) is 17.7 Å². The van der Waals surface area contributed by atoms with Gasteiger partial charge in [-0.3, -0.25) is 9.59 Å². The van der Waals surface area contributed by atoms with E-state index in [1.165, 1.54) is 0 Å². The zero-order chi connectivity index (χ0) is 15.1. The van der Waals surface area contributed by atoms with Crippen LogP contribution in [0.1, 0.15) is 19.8 Å². The molecule has 2 N–H and O–H groups in total. The molecule has 1 aliphatic rings.